The summed E-state index contributed by atoms with van der Waals surface area (Å²) in [6.07, 6.45) is 4.81. The Kier molecular flexibility index (Phi) is 7.41. The molecule has 1 atom stereocenters. The lowest BCUT2D eigenvalue weighted by Crippen LogP contribution is -2.33. The third-order valence-corrected chi connectivity index (χ3v) is 3.46. The molecule has 4 heteroatoms. The van der Waals surface area contributed by atoms with Gasteiger partial charge in [-0.25, -0.2) is 4.39 Å². The normalized spacial score (nSPS) is 11.9. The van der Waals surface area contributed by atoms with Crippen LogP contribution in [0.25, 0.3) is 0 Å². The molecule has 2 N–H and O–H groups in total. The van der Waals surface area contributed by atoms with Gasteiger partial charge in [0.1, 0.15) is 5.82 Å². The first-order chi connectivity index (χ1) is 9.17. The Hall–Kier alpha value is -1.16. The van der Waals surface area contributed by atoms with Gasteiger partial charge < -0.3 is 10.6 Å². The molecule has 0 fully saturated rings. The summed E-state index contributed by atoms with van der Waals surface area (Å²) in [5.74, 6) is 0.338. The molecule has 0 saturated carbocycles. The first-order valence-corrected chi connectivity index (χ1v) is 7.37. The van der Waals surface area contributed by atoms with E-state index in [1.807, 2.05) is 0 Å². The smallest absolute Gasteiger partial charge is 0.170 e. The fourth-order valence-electron chi connectivity index (χ4n) is 1.91. The molecule has 0 spiro atoms. The van der Waals surface area contributed by atoms with E-state index < -0.39 is 0 Å². The highest BCUT2D eigenvalue weighted by molar-refractivity contribution is 7.80. The molecule has 0 aliphatic heterocycles. The number of anilines is 1. The number of nitrogens with one attached hydrogen (secondary N) is 2. The van der Waals surface area contributed by atoms with Crippen molar-refractivity contribution in [2.75, 3.05) is 11.9 Å². The van der Waals surface area contributed by atoms with E-state index in [9.17, 15) is 4.39 Å². The maximum atomic E-state index is 13.4. The third-order valence-electron chi connectivity index (χ3n) is 3.22. The lowest BCUT2D eigenvalue weighted by atomic mass is 9.99. The number of benzene rings is 1. The van der Waals surface area contributed by atoms with Gasteiger partial charge in [-0.1, -0.05) is 45.2 Å². The van der Waals surface area contributed by atoms with Crippen LogP contribution in [0, 0.1) is 11.7 Å². The van der Waals surface area contributed by atoms with E-state index in [2.05, 4.69) is 24.5 Å². The van der Waals surface area contributed by atoms with Crippen LogP contribution in [0.5, 0.6) is 0 Å². The van der Waals surface area contributed by atoms with Crippen LogP contribution in [-0.4, -0.2) is 11.7 Å². The molecule has 1 unspecified atom stereocenters. The Bertz CT molecular complexity index is 395. The van der Waals surface area contributed by atoms with Gasteiger partial charge in [-0.15, -0.1) is 0 Å². The molecule has 19 heavy (non-hydrogen) atoms. The molecule has 0 aliphatic rings. The minimum absolute atomic E-state index is 0.287. The molecule has 2 nitrogen and oxygen atoms in total. The highest BCUT2D eigenvalue weighted by Gasteiger charge is 2.07. The summed E-state index contributed by atoms with van der Waals surface area (Å²) in [5.41, 5.74) is 0.418. The Morgan fingerprint density at radius 2 is 2.05 bits per heavy atom. The first-order valence-electron chi connectivity index (χ1n) is 6.96. The van der Waals surface area contributed by atoms with E-state index >= 15 is 0 Å². The van der Waals surface area contributed by atoms with Crippen LogP contribution in [0.1, 0.15) is 39.5 Å². The van der Waals surface area contributed by atoms with Gasteiger partial charge in [-0.3, -0.25) is 0 Å². The fraction of sp³-hybridized carbons (Fsp3) is 0.533. The van der Waals surface area contributed by atoms with E-state index in [4.69, 9.17) is 12.2 Å². The molecule has 0 aromatic heterocycles. The summed E-state index contributed by atoms with van der Waals surface area (Å²) in [5, 5.41) is 6.55. The SMILES string of the molecule is CCCCC(CC)CNC(=S)Nc1ccccc1F. The maximum Gasteiger partial charge on any atom is 0.170 e. The summed E-state index contributed by atoms with van der Waals surface area (Å²) >= 11 is 5.19. The number of hydrogen-bond donors (Lipinski definition) is 2. The topological polar surface area (TPSA) is 24.1 Å². The quantitative estimate of drug-likeness (QED) is 0.728. The van der Waals surface area contributed by atoms with Crippen LogP contribution >= 0.6 is 12.2 Å². The molecule has 0 heterocycles. The van der Waals surface area contributed by atoms with Crippen LogP contribution in [0.4, 0.5) is 10.1 Å². The van der Waals surface area contributed by atoms with E-state index in [1.165, 1.54) is 25.3 Å². The largest absolute Gasteiger partial charge is 0.362 e. The van der Waals surface area contributed by atoms with Crippen LogP contribution in [0.3, 0.4) is 0 Å². The fourth-order valence-corrected chi connectivity index (χ4v) is 2.10. The number of rotatable bonds is 7. The zero-order valence-electron chi connectivity index (χ0n) is 11.7. The van der Waals surface area contributed by atoms with Gasteiger partial charge in [-0.2, -0.15) is 0 Å². The third kappa shape index (κ3) is 6.01. The van der Waals surface area contributed by atoms with Crippen LogP contribution in [-0.2, 0) is 0 Å². The van der Waals surface area contributed by atoms with Crippen molar-refractivity contribution in [3.05, 3.63) is 30.1 Å². The molecule has 0 radical (unpaired) electrons. The Morgan fingerprint density at radius 1 is 1.32 bits per heavy atom. The highest BCUT2D eigenvalue weighted by atomic mass is 32.1. The number of thiocarbonyl (C=S) groups is 1. The molecule has 1 aromatic rings. The van der Waals surface area contributed by atoms with E-state index in [0.29, 0.717) is 16.7 Å². The summed E-state index contributed by atoms with van der Waals surface area (Å²) in [6.45, 7) is 5.23. The van der Waals surface area contributed by atoms with E-state index in [-0.39, 0.29) is 5.82 Å². The molecule has 106 valence electrons. The first kappa shape index (κ1) is 15.9. The predicted octanol–water partition coefficient (Wildman–Crippen LogP) is 4.33. The molecular formula is C15H23FN2S. The Morgan fingerprint density at radius 3 is 2.68 bits per heavy atom. The van der Waals surface area contributed by atoms with Crippen molar-refractivity contribution in [3.8, 4) is 0 Å². The second-order valence-electron chi connectivity index (χ2n) is 4.73. The summed E-state index contributed by atoms with van der Waals surface area (Å²) < 4.78 is 13.4. The van der Waals surface area contributed by atoms with Crippen molar-refractivity contribution >= 4 is 23.0 Å². The number of hydrogen-bond acceptors (Lipinski definition) is 1. The lowest BCUT2D eigenvalue weighted by Gasteiger charge is -2.17. The second kappa shape index (κ2) is 8.86. The van der Waals surface area contributed by atoms with Gasteiger partial charge in [0.05, 0.1) is 5.69 Å². The standard InChI is InChI=1S/C15H23FN2S/c1-3-5-8-12(4-2)11-17-15(19)18-14-10-7-6-9-13(14)16/h6-7,9-10,12H,3-5,8,11H2,1-2H3,(H2,17,18,19). The van der Waals surface area contributed by atoms with E-state index in [0.717, 1.165) is 13.0 Å². The molecule has 1 aromatic carbocycles. The van der Waals surface area contributed by atoms with Crippen molar-refractivity contribution in [3.63, 3.8) is 0 Å². The van der Waals surface area contributed by atoms with Crippen molar-refractivity contribution in [1.29, 1.82) is 0 Å². The van der Waals surface area contributed by atoms with E-state index in [1.54, 1.807) is 18.2 Å². The van der Waals surface area contributed by atoms with Gasteiger partial charge >= 0.3 is 0 Å². The Labute approximate surface area is 120 Å². The highest BCUT2D eigenvalue weighted by Crippen LogP contribution is 2.13. The van der Waals surface area contributed by atoms with Gasteiger partial charge in [0, 0.05) is 6.54 Å². The summed E-state index contributed by atoms with van der Waals surface area (Å²) in [6, 6.07) is 6.54. The predicted molar refractivity (Wildman–Crippen MR) is 83.9 cm³/mol. The van der Waals surface area contributed by atoms with Gasteiger partial charge in [-0.05, 0) is 36.7 Å². The second-order valence-corrected chi connectivity index (χ2v) is 5.14. The minimum Gasteiger partial charge on any atom is -0.362 e. The average Bonchev–Trinajstić information content (AvgIpc) is 2.41. The molecule has 0 amide bonds. The molecular weight excluding hydrogens is 259 g/mol. The minimum atomic E-state index is -0.287. The van der Waals surface area contributed by atoms with Crippen LogP contribution in [0.15, 0.2) is 24.3 Å². The van der Waals surface area contributed by atoms with Crippen molar-refractivity contribution in [2.45, 2.75) is 39.5 Å². The molecule has 0 aliphatic carbocycles. The van der Waals surface area contributed by atoms with Gasteiger partial charge in [0.25, 0.3) is 0 Å². The van der Waals surface area contributed by atoms with Gasteiger partial charge in [0.2, 0.25) is 0 Å². The monoisotopic (exact) mass is 282 g/mol. The maximum absolute atomic E-state index is 13.4. The number of para-hydroxylation sites is 1. The Balaban J connectivity index is 2.37. The lowest BCUT2D eigenvalue weighted by molar-refractivity contribution is 0.446. The number of halogens is 1. The molecule has 0 saturated heterocycles. The zero-order valence-corrected chi connectivity index (χ0v) is 12.5. The average molecular weight is 282 g/mol. The summed E-state index contributed by atoms with van der Waals surface area (Å²) in [4.78, 5) is 0. The zero-order chi connectivity index (χ0) is 14.1. The van der Waals surface area contributed by atoms with Crippen LogP contribution < -0.4 is 10.6 Å². The molecule has 1 rings (SSSR count). The number of unbranched alkanes of at least 4 members (excludes halogenated alkanes) is 1. The van der Waals surface area contributed by atoms with Crippen molar-refractivity contribution < 1.29 is 4.39 Å². The van der Waals surface area contributed by atoms with Gasteiger partial charge in [0.15, 0.2) is 5.11 Å². The van der Waals surface area contributed by atoms with Crippen molar-refractivity contribution in [2.24, 2.45) is 5.92 Å². The van der Waals surface area contributed by atoms with Crippen LogP contribution in [0.2, 0.25) is 0 Å². The molecule has 0 bridgehead atoms. The summed E-state index contributed by atoms with van der Waals surface area (Å²) in [7, 11) is 0. The van der Waals surface area contributed by atoms with Crippen molar-refractivity contribution in [1.82, 2.24) is 5.32 Å².